The molecule has 0 saturated carbocycles. The predicted octanol–water partition coefficient (Wildman–Crippen LogP) is 4.00. The highest BCUT2D eigenvalue weighted by Crippen LogP contribution is 2.29. The Bertz CT molecular complexity index is 1010. The fourth-order valence-electron chi connectivity index (χ4n) is 3.83. The van der Waals surface area contributed by atoms with Crippen LogP contribution in [0.3, 0.4) is 0 Å². The lowest BCUT2D eigenvalue weighted by molar-refractivity contribution is -0.137. The van der Waals surface area contributed by atoms with E-state index in [-0.39, 0.29) is 24.7 Å². The first-order valence-corrected chi connectivity index (χ1v) is 12.2. The summed E-state index contributed by atoms with van der Waals surface area (Å²) in [5.74, 6) is -0.842. The quantitative estimate of drug-likeness (QED) is 0.637. The summed E-state index contributed by atoms with van der Waals surface area (Å²) < 4.78 is 65.4. The second-order valence-corrected chi connectivity index (χ2v) is 10.1. The van der Waals surface area contributed by atoms with Crippen molar-refractivity contribution in [3.8, 4) is 0 Å². The molecule has 2 aromatic rings. The van der Waals surface area contributed by atoms with Gasteiger partial charge in [-0.2, -0.15) is 13.2 Å². The van der Waals surface area contributed by atoms with Crippen LogP contribution in [0, 0.1) is 5.92 Å². The summed E-state index contributed by atoms with van der Waals surface area (Å²) in [6.45, 7) is 0.441. The molecule has 9 heteroatoms. The number of benzene rings is 2. The number of piperidine rings is 1. The highest BCUT2D eigenvalue weighted by atomic mass is 32.2. The van der Waals surface area contributed by atoms with Crippen LogP contribution in [-0.2, 0) is 34.0 Å². The van der Waals surface area contributed by atoms with Gasteiger partial charge >= 0.3 is 6.18 Å². The molecular formula is C23H27F3N2O3S. The molecule has 2 aromatic carbocycles. The molecule has 1 aliphatic heterocycles. The van der Waals surface area contributed by atoms with E-state index in [2.05, 4.69) is 5.32 Å². The zero-order valence-electron chi connectivity index (χ0n) is 17.6. The summed E-state index contributed by atoms with van der Waals surface area (Å²) in [4.78, 5) is 12.6. The van der Waals surface area contributed by atoms with Crippen molar-refractivity contribution in [2.75, 3.05) is 18.8 Å². The summed E-state index contributed by atoms with van der Waals surface area (Å²) in [5.41, 5.74) is 0.650. The van der Waals surface area contributed by atoms with Gasteiger partial charge in [0.15, 0.2) is 0 Å². The number of nitrogens with one attached hydrogen (secondary N) is 1. The molecule has 1 amide bonds. The minimum Gasteiger partial charge on any atom is -0.352 e. The Kier molecular flexibility index (Phi) is 7.95. The standard InChI is InChI=1S/C23H27F3N2O3S/c24-23(25,26)21-12-4-9-19(15-21)16-27-22(29)20-11-5-13-28(17-20)32(30,31)14-6-10-18-7-2-1-3-8-18/h1-4,7-9,12,15,20H,5-6,10-11,13-14,16-17H2,(H,27,29)/t20-/m0/s1. The number of nitrogens with zero attached hydrogens (tertiary/aromatic N) is 1. The number of aryl methyl sites for hydroxylation is 1. The van der Waals surface area contributed by atoms with Crippen molar-refractivity contribution in [2.24, 2.45) is 5.92 Å². The zero-order chi connectivity index (χ0) is 23.2. The number of carbonyl (C=O) groups is 1. The number of amides is 1. The number of carbonyl (C=O) groups excluding carboxylic acids is 1. The molecule has 3 rings (SSSR count). The van der Waals surface area contributed by atoms with E-state index in [1.807, 2.05) is 30.3 Å². The van der Waals surface area contributed by atoms with E-state index in [1.165, 1.54) is 16.4 Å². The Morgan fingerprint density at radius 2 is 1.78 bits per heavy atom. The van der Waals surface area contributed by atoms with Crippen LogP contribution in [-0.4, -0.2) is 37.5 Å². The van der Waals surface area contributed by atoms with Crippen molar-refractivity contribution < 1.29 is 26.4 Å². The molecule has 1 aliphatic rings. The lowest BCUT2D eigenvalue weighted by Gasteiger charge is -2.31. The van der Waals surface area contributed by atoms with Gasteiger partial charge in [0.25, 0.3) is 0 Å². The lowest BCUT2D eigenvalue weighted by Crippen LogP contribution is -2.46. The second-order valence-electron chi connectivity index (χ2n) is 8.02. The zero-order valence-corrected chi connectivity index (χ0v) is 18.5. The van der Waals surface area contributed by atoms with E-state index < -0.39 is 27.7 Å². The monoisotopic (exact) mass is 468 g/mol. The molecule has 1 N–H and O–H groups in total. The average Bonchev–Trinajstić information content (AvgIpc) is 2.78. The van der Waals surface area contributed by atoms with E-state index >= 15 is 0 Å². The number of sulfonamides is 1. The van der Waals surface area contributed by atoms with Crippen LogP contribution >= 0.6 is 0 Å². The molecule has 0 spiro atoms. The van der Waals surface area contributed by atoms with Gasteiger partial charge < -0.3 is 5.32 Å². The molecule has 0 radical (unpaired) electrons. The van der Waals surface area contributed by atoms with Crippen molar-refractivity contribution in [1.82, 2.24) is 9.62 Å². The number of rotatable bonds is 8. The largest absolute Gasteiger partial charge is 0.416 e. The molecule has 5 nitrogen and oxygen atoms in total. The normalized spacial score (nSPS) is 17.8. The van der Waals surface area contributed by atoms with Crippen LogP contribution in [0.15, 0.2) is 54.6 Å². The van der Waals surface area contributed by atoms with Gasteiger partial charge in [-0.25, -0.2) is 12.7 Å². The molecule has 1 heterocycles. The molecular weight excluding hydrogens is 441 g/mol. The number of alkyl halides is 3. The van der Waals surface area contributed by atoms with Gasteiger partial charge in [-0.3, -0.25) is 4.79 Å². The fourth-order valence-corrected chi connectivity index (χ4v) is 5.41. The van der Waals surface area contributed by atoms with Gasteiger partial charge in [-0.1, -0.05) is 42.5 Å². The molecule has 32 heavy (non-hydrogen) atoms. The minimum absolute atomic E-state index is 0.0144. The van der Waals surface area contributed by atoms with Crippen LogP contribution in [0.25, 0.3) is 0 Å². The summed E-state index contributed by atoms with van der Waals surface area (Å²) in [6.07, 6.45) is -2.17. The highest BCUT2D eigenvalue weighted by molar-refractivity contribution is 7.89. The van der Waals surface area contributed by atoms with Crippen LogP contribution in [0.4, 0.5) is 13.2 Å². The third-order valence-electron chi connectivity index (χ3n) is 5.58. The summed E-state index contributed by atoms with van der Waals surface area (Å²) in [5, 5.41) is 2.66. The Morgan fingerprint density at radius 1 is 1.06 bits per heavy atom. The molecule has 1 atom stereocenters. The SMILES string of the molecule is O=C(NCc1cccc(C(F)(F)F)c1)[C@H]1CCCN(S(=O)(=O)CCCc2ccccc2)C1. The number of hydrogen-bond acceptors (Lipinski definition) is 3. The Labute approximate surface area is 186 Å². The molecule has 1 fully saturated rings. The van der Waals surface area contributed by atoms with Crippen molar-refractivity contribution in [1.29, 1.82) is 0 Å². The van der Waals surface area contributed by atoms with Crippen LogP contribution in [0.2, 0.25) is 0 Å². The first-order chi connectivity index (χ1) is 15.1. The van der Waals surface area contributed by atoms with E-state index in [1.54, 1.807) is 0 Å². The van der Waals surface area contributed by atoms with Gasteiger partial charge in [-0.15, -0.1) is 0 Å². The average molecular weight is 469 g/mol. The molecule has 0 aromatic heterocycles. The molecule has 0 unspecified atom stereocenters. The van der Waals surface area contributed by atoms with E-state index in [9.17, 15) is 26.4 Å². The molecule has 0 bridgehead atoms. The Hall–Kier alpha value is -2.39. The lowest BCUT2D eigenvalue weighted by atomic mass is 9.98. The minimum atomic E-state index is -4.45. The fraction of sp³-hybridized carbons (Fsp3) is 0.435. The first-order valence-electron chi connectivity index (χ1n) is 10.6. The van der Waals surface area contributed by atoms with E-state index in [0.717, 1.165) is 17.7 Å². The van der Waals surface area contributed by atoms with Crippen LogP contribution in [0.1, 0.15) is 36.0 Å². The van der Waals surface area contributed by atoms with Gasteiger partial charge in [0.2, 0.25) is 15.9 Å². The topological polar surface area (TPSA) is 66.5 Å². The maximum atomic E-state index is 12.8. The van der Waals surface area contributed by atoms with Crippen LogP contribution < -0.4 is 5.32 Å². The maximum Gasteiger partial charge on any atom is 0.416 e. The summed E-state index contributed by atoms with van der Waals surface area (Å²) in [7, 11) is -3.48. The van der Waals surface area contributed by atoms with Crippen molar-refractivity contribution in [3.05, 3.63) is 71.3 Å². The van der Waals surface area contributed by atoms with Gasteiger partial charge in [0.1, 0.15) is 0 Å². The van der Waals surface area contributed by atoms with Gasteiger partial charge in [-0.05, 0) is 48.9 Å². The highest BCUT2D eigenvalue weighted by Gasteiger charge is 2.32. The van der Waals surface area contributed by atoms with Crippen molar-refractivity contribution in [2.45, 2.75) is 38.4 Å². The second kappa shape index (κ2) is 10.5. The number of halogens is 3. The smallest absolute Gasteiger partial charge is 0.352 e. The predicted molar refractivity (Wildman–Crippen MR) is 116 cm³/mol. The van der Waals surface area contributed by atoms with E-state index in [4.69, 9.17) is 0 Å². The molecule has 0 aliphatic carbocycles. The Balaban J connectivity index is 1.51. The molecule has 174 valence electrons. The third-order valence-corrected chi connectivity index (χ3v) is 7.50. The Morgan fingerprint density at radius 3 is 2.50 bits per heavy atom. The maximum absolute atomic E-state index is 12.8. The van der Waals surface area contributed by atoms with E-state index in [0.29, 0.717) is 37.8 Å². The van der Waals surface area contributed by atoms with Crippen molar-refractivity contribution >= 4 is 15.9 Å². The third kappa shape index (κ3) is 6.80. The van der Waals surface area contributed by atoms with Gasteiger partial charge in [0.05, 0.1) is 17.2 Å². The molecule has 1 saturated heterocycles. The van der Waals surface area contributed by atoms with Crippen LogP contribution in [0.5, 0.6) is 0 Å². The first kappa shape index (κ1) is 24.3. The summed E-state index contributed by atoms with van der Waals surface area (Å²) >= 11 is 0. The summed E-state index contributed by atoms with van der Waals surface area (Å²) in [6, 6.07) is 14.4. The number of hydrogen-bond donors (Lipinski definition) is 1. The van der Waals surface area contributed by atoms with Gasteiger partial charge in [0, 0.05) is 19.6 Å². The van der Waals surface area contributed by atoms with Crippen molar-refractivity contribution in [3.63, 3.8) is 0 Å².